The maximum absolute atomic E-state index is 12.5. The van der Waals surface area contributed by atoms with Crippen molar-refractivity contribution < 1.29 is 23.8 Å². The zero-order valence-electron chi connectivity index (χ0n) is 16.1. The van der Waals surface area contributed by atoms with Gasteiger partial charge in [-0.2, -0.15) is 0 Å². The number of methoxy groups -OCH3 is 3. The van der Waals surface area contributed by atoms with Crippen molar-refractivity contribution in [1.82, 2.24) is 5.32 Å². The van der Waals surface area contributed by atoms with E-state index in [9.17, 15) is 9.59 Å². The number of nitrogens with one attached hydrogen (secondary N) is 2. The van der Waals surface area contributed by atoms with Gasteiger partial charge in [0.1, 0.15) is 0 Å². The van der Waals surface area contributed by atoms with Gasteiger partial charge in [0.05, 0.1) is 21.3 Å². The monoisotopic (exact) mass is 372 g/mol. The molecule has 0 aliphatic heterocycles. The highest BCUT2D eigenvalue weighted by Gasteiger charge is 2.15. The van der Waals surface area contributed by atoms with Gasteiger partial charge in [0, 0.05) is 35.0 Å². The number of hydrogen-bond donors (Lipinski definition) is 2. The quantitative estimate of drug-likeness (QED) is 0.780. The molecule has 2 aromatic carbocycles. The molecule has 0 fully saturated rings. The Labute approximate surface area is 158 Å². The Kier molecular flexibility index (Phi) is 6.65. The minimum Gasteiger partial charge on any atom is -0.493 e. The van der Waals surface area contributed by atoms with Gasteiger partial charge in [0.15, 0.2) is 11.5 Å². The Morgan fingerprint density at radius 2 is 1.30 bits per heavy atom. The second-order valence-corrected chi connectivity index (χ2v) is 6.07. The number of anilines is 1. The third kappa shape index (κ3) is 4.91. The normalized spacial score (nSPS) is 10.3. The molecule has 0 saturated carbocycles. The van der Waals surface area contributed by atoms with Crippen LogP contribution in [0.15, 0.2) is 36.4 Å². The zero-order chi connectivity index (χ0) is 20.0. The predicted octanol–water partition coefficient (Wildman–Crippen LogP) is 3.10. The van der Waals surface area contributed by atoms with Crippen molar-refractivity contribution in [3.05, 3.63) is 47.5 Å². The molecular formula is C20H24N2O5. The standard InChI is InChI=1S/C20H24N2O5/c1-12(2)21-19(23)13-6-8-14(9-7-13)20(24)22-15-10-16(25-3)18(27-5)17(11-15)26-4/h6-12H,1-5H3,(H,21,23)(H,22,24). The van der Waals surface area contributed by atoms with E-state index in [4.69, 9.17) is 14.2 Å². The number of carbonyl (C=O) groups excluding carboxylic acids is 2. The molecule has 0 aliphatic rings. The maximum Gasteiger partial charge on any atom is 0.255 e. The van der Waals surface area contributed by atoms with E-state index in [0.717, 1.165) is 0 Å². The van der Waals surface area contributed by atoms with Crippen LogP contribution in [0.3, 0.4) is 0 Å². The first-order valence-electron chi connectivity index (χ1n) is 8.41. The summed E-state index contributed by atoms with van der Waals surface area (Å²) < 4.78 is 15.8. The molecule has 0 bridgehead atoms. The summed E-state index contributed by atoms with van der Waals surface area (Å²) in [6.07, 6.45) is 0. The van der Waals surface area contributed by atoms with Crippen molar-refractivity contribution in [3.8, 4) is 17.2 Å². The minimum atomic E-state index is -0.319. The number of benzene rings is 2. The van der Waals surface area contributed by atoms with Gasteiger partial charge < -0.3 is 24.8 Å². The van der Waals surface area contributed by atoms with Gasteiger partial charge in [-0.05, 0) is 38.1 Å². The molecule has 0 aliphatic carbocycles. The summed E-state index contributed by atoms with van der Waals surface area (Å²) in [5.41, 5.74) is 1.41. The molecule has 0 atom stereocenters. The van der Waals surface area contributed by atoms with Crippen molar-refractivity contribution in [2.45, 2.75) is 19.9 Å². The summed E-state index contributed by atoms with van der Waals surface area (Å²) in [6, 6.07) is 9.75. The van der Waals surface area contributed by atoms with Crippen LogP contribution in [0.1, 0.15) is 34.6 Å². The van der Waals surface area contributed by atoms with Crippen LogP contribution in [-0.4, -0.2) is 39.2 Å². The van der Waals surface area contributed by atoms with Crippen molar-refractivity contribution in [2.75, 3.05) is 26.6 Å². The molecule has 7 nitrogen and oxygen atoms in total. The van der Waals surface area contributed by atoms with E-state index in [-0.39, 0.29) is 17.9 Å². The average Bonchev–Trinajstić information content (AvgIpc) is 2.66. The highest BCUT2D eigenvalue weighted by molar-refractivity contribution is 6.05. The predicted molar refractivity (Wildman–Crippen MR) is 103 cm³/mol. The lowest BCUT2D eigenvalue weighted by Crippen LogP contribution is -2.30. The largest absolute Gasteiger partial charge is 0.493 e. The number of hydrogen-bond acceptors (Lipinski definition) is 5. The Hall–Kier alpha value is -3.22. The van der Waals surface area contributed by atoms with E-state index in [2.05, 4.69) is 10.6 Å². The molecule has 2 amide bonds. The van der Waals surface area contributed by atoms with Gasteiger partial charge in [-0.1, -0.05) is 0 Å². The van der Waals surface area contributed by atoms with Gasteiger partial charge in [-0.3, -0.25) is 9.59 Å². The molecule has 144 valence electrons. The fraction of sp³-hybridized carbons (Fsp3) is 0.300. The second kappa shape index (κ2) is 8.93. The van der Waals surface area contributed by atoms with Crippen LogP contribution < -0.4 is 24.8 Å². The Balaban J connectivity index is 2.18. The number of carbonyl (C=O) groups is 2. The molecule has 7 heteroatoms. The summed E-state index contributed by atoms with van der Waals surface area (Å²) in [6.45, 7) is 3.77. The highest BCUT2D eigenvalue weighted by atomic mass is 16.5. The zero-order valence-corrected chi connectivity index (χ0v) is 16.1. The molecule has 2 aromatic rings. The summed E-state index contributed by atoms with van der Waals surface area (Å²) in [4.78, 5) is 24.5. The molecule has 0 radical (unpaired) electrons. The number of rotatable bonds is 7. The van der Waals surface area contributed by atoms with Crippen LogP contribution in [0.5, 0.6) is 17.2 Å². The third-order valence-electron chi connectivity index (χ3n) is 3.75. The third-order valence-corrected chi connectivity index (χ3v) is 3.75. The Morgan fingerprint density at radius 3 is 1.70 bits per heavy atom. The van der Waals surface area contributed by atoms with Crippen molar-refractivity contribution in [2.24, 2.45) is 0 Å². The maximum atomic E-state index is 12.5. The van der Waals surface area contributed by atoms with E-state index in [1.807, 2.05) is 13.8 Å². The van der Waals surface area contributed by atoms with Crippen LogP contribution in [0.25, 0.3) is 0 Å². The smallest absolute Gasteiger partial charge is 0.255 e. The highest BCUT2D eigenvalue weighted by Crippen LogP contribution is 2.40. The minimum absolute atomic E-state index is 0.0421. The van der Waals surface area contributed by atoms with E-state index in [0.29, 0.717) is 34.1 Å². The van der Waals surface area contributed by atoms with Crippen LogP contribution in [0, 0.1) is 0 Å². The Bertz CT molecular complexity index is 791. The molecular weight excluding hydrogens is 348 g/mol. The fourth-order valence-corrected chi connectivity index (χ4v) is 2.48. The van der Waals surface area contributed by atoms with Crippen molar-refractivity contribution in [1.29, 1.82) is 0 Å². The van der Waals surface area contributed by atoms with E-state index >= 15 is 0 Å². The van der Waals surface area contributed by atoms with Gasteiger partial charge in [-0.25, -0.2) is 0 Å². The molecule has 0 saturated heterocycles. The molecule has 27 heavy (non-hydrogen) atoms. The SMILES string of the molecule is COc1cc(NC(=O)c2ccc(C(=O)NC(C)C)cc2)cc(OC)c1OC. The number of amides is 2. The van der Waals surface area contributed by atoms with E-state index < -0.39 is 0 Å². The van der Waals surface area contributed by atoms with Gasteiger partial charge in [-0.15, -0.1) is 0 Å². The second-order valence-electron chi connectivity index (χ2n) is 6.07. The van der Waals surface area contributed by atoms with Crippen LogP contribution in [0.2, 0.25) is 0 Å². The van der Waals surface area contributed by atoms with Crippen LogP contribution in [0.4, 0.5) is 5.69 Å². The first-order valence-corrected chi connectivity index (χ1v) is 8.41. The first-order chi connectivity index (χ1) is 12.9. The summed E-state index contributed by atoms with van der Waals surface area (Å²) >= 11 is 0. The van der Waals surface area contributed by atoms with Gasteiger partial charge in [0.2, 0.25) is 5.75 Å². The van der Waals surface area contributed by atoms with Gasteiger partial charge in [0.25, 0.3) is 11.8 Å². The summed E-state index contributed by atoms with van der Waals surface area (Å²) in [5, 5.41) is 5.59. The first kappa shape index (κ1) is 20.1. The number of ether oxygens (including phenoxy) is 3. The van der Waals surface area contributed by atoms with Crippen molar-refractivity contribution >= 4 is 17.5 Å². The molecule has 0 spiro atoms. The van der Waals surface area contributed by atoms with Crippen molar-refractivity contribution in [3.63, 3.8) is 0 Å². The topological polar surface area (TPSA) is 85.9 Å². The lowest BCUT2D eigenvalue weighted by molar-refractivity contribution is 0.0941. The fourth-order valence-electron chi connectivity index (χ4n) is 2.48. The average molecular weight is 372 g/mol. The Morgan fingerprint density at radius 1 is 0.815 bits per heavy atom. The van der Waals surface area contributed by atoms with E-state index in [1.165, 1.54) is 21.3 Å². The molecule has 0 unspecified atom stereocenters. The lowest BCUT2D eigenvalue weighted by atomic mass is 10.1. The van der Waals surface area contributed by atoms with Crippen LogP contribution >= 0.6 is 0 Å². The molecule has 0 aromatic heterocycles. The van der Waals surface area contributed by atoms with Crippen LogP contribution in [-0.2, 0) is 0 Å². The van der Waals surface area contributed by atoms with E-state index in [1.54, 1.807) is 36.4 Å². The summed E-state index contributed by atoms with van der Waals surface area (Å²) in [5.74, 6) is 0.820. The summed E-state index contributed by atoms with van der Waals surface area (Å²) in [7, 11) is 4.52. The molecule has 0 heterocycles. The lowest BCUT2D eigenvalue weighted by Gasteiger charge is -2.14. The molecule has 2 N–H and O–H groups in total. The van der Waals surface area contributed by atoms with Gasteiger partial charge >= 0.3 is 0 Å². The molecule has 2 rings (SSSR count).